The van der Waals surface area contributed by atoms with E-state index in [9.17, 15) is 22.0 Å². The highest BCUT2D eigenvalue weighted by molar-refractivity contribution is 5.49. The van der Waals surface area contributed by atoms with Crippen LogP contribution in [-0.2, 0) is 5.67 Å². The molecule has 0 amide bonds. The van der Waals surface area contributed by atoms with E-state index >= 15 is 4.39 Å². The highest BCUT2D eigenvalue weighted by atomic mass is 19.4. The Labute approximate surface area is 153 Å². The van der Waals surface area contributed by atoms with Gasteiger partial charge in [0.2, 0.25) is 5.67 Å². The molecule has 2 atom stereocenters. The molecule has 0 aromatic heterocycles. The predicted octanol–water partition coefficient (Wildman–Crippen LogP) is 5.14. The first-order valence-corrected chi connectivity index (χ1v) is 8.19. The Kier molecular flexibility index (Phi) is 5.64. The van der Waals surface area contributed by atoms with Crippen molar-refractivity contribution in [3.8, 4) is 0 Å². The highest BCUT2D eigenvalue weighted by Crippen LogP contribution is 2.56. The Morgan fingerprint density at radius 1 is 0.667 bits per heavy atom. The normalized spacial score (nSPS) is 17.3. The van der Waals surface area contributed by atoms with Crippen molar-refractivity contribution >= 4 is 0 Å². The van der Waals surface area contributed by atoms with Crippen molar-refractivity contribution in [1.82, 2.24) is 0 Å². The fourth-order valence-corrected chi connectivity index (χ4v) is 3.09. The Morgan fingerprint density at radius 2 is 1.00 bits per heavy atom. The van der Waals surface area contributed by atoms with Gasteiger partial charge in [-0.3, -0.25) is 0 Å². The van der Waals surface area contributed by atoms with E-state index in [0.717, 1.165) is 12.1 Å². The van der Waals surface area contributed by atoms with Gasteiger partial charge >= 0.3 is 12.1 Å². The third-order valence-electron chi connectivity index (χ3n) is 4.43. The Balaban J connectivity index is 2.97. The summed E-state index contributed by atoms with van der Waals surface area (Å²) < 4.78 is 85.4. The van der Waals surface area contributed by atoms with Gasteiger partial charge in [-0.2, -0.15) is 22.0 Å². The molecule has 0 saturated heterocycles. The van der Waals surface area contributed by atoms with Crippen molar-refractivity contribution in [2.24, 2.45) is 11.5 Å². The van der Waals surface area contributed by atoms with Crippen LogP contribution in [0, 0.1) is 0 Å². The molecule has 0 aliphatic carbocycles. The molecule has 0 heterocycles. The van der Waals surface area contributed by atoms with E-state index in [2.05, 4.69) is 0 Å². The number of hydrogen-bond donors (Lipinski definition) is 2. The molecule has 0 spiro atoms. The minimum atomic E-state index is -6.14. The van der Waals surface area contributed by atoms with Gasteiger partial charge in [-0.05, 0) is 25.0 Å². The van der Waals surface area contributed by atoms with Crippen LogP contribution in [-0.4, -0.2) is 12.1 Å². The second-order valence-electron chi connectivity index (χ2n) is 6.48. The van der Waals surface area contributed by atoms with Crippen molar-refractivity contribution in [2.75, 3.05) is 0 Å². The maximum absolute atomic E-state index is 16.2. The third-order valence-corrected chi connectivity index (χ3v) is 4.43. The van der Waals surface area contributed by atoms with Crippen LogP contribution >= 0.6 is 0 Å². The fraction of sp³-hybridized carbons (Fsp3) is 0.368. The summed E-state index contributed by atoms with van der Waals surface area (Å²) >= 11 is 0. The van der Waals surface area contributed by atoms with Gasteiger partial charge < -0.3 is 11.5 Å². The van der Waals surface area contributed by atoms with Gasteiger partial charge in [0.05, 0.1) is 0 Å². The van der Waals surface area contributed by atoms with Crippen LogP contribution in [0.4, 0.5) is 26.3 Å². The molecule has 2 nitrogen and oxygen atoms in total. The molecule has 2 unspecified atom stereocenters. The van der Waals surface area contributed by atoms with Gasteiger partial charge in [-0.1, -0.05) is 48.5 Å². The van der Waals surface area contributed by atoms with Crippen LogP contribution < -0.4 is 11.5 Å². The van der Waals surface area contributed by atoms with E-state index in [0.29, 0.717) is 0 Å². The van der Waals surface area contributed by atoms with Crippen LogP contribution in [0.2, 0.25) is 0 Å². The zero-order chi connectivity index (χ0) is 20.6. The van der Waals surface area contributed by atoms with Gasteiger partial charge in [0.25, 0.3) is 0 Å². The third kappa shape index (κ3) is 3.43. The standard InChI is InChI=1S/C19H20F6N2/c1-11(26)13-7-3-5-9-15(13)17(20,18(21,22)19(23,24)25)16-10-6-4-8-14(16)12(2)27/h3-12H,26-27H2,1-2H3. The van der Waals surface area contributed by atoms with E-state index in [1.54, 1.807) is 0 Å². The monoisotopic (exact) mass is 390 g/mol. The molecule has 148 valence electrons. The van der Waals surface area contributed by atoms with Crippen molar-refractivity contribution in [3.05, 3.63) is 70.8 Å². The van der Waals surface area contributed by atoms with E-state index in [4.69, 9.17) is 11.5 Å². The van der Waals surface area contributed by atoms with E-state index in [-0.39, 0.29) is 11.1 Å². The lowest BCUT2D eigenvalue weighted by molar-refractivity contribution is -0.323. The summed E-state index contributed by atoms with van der Waals surface area (Å²) in [5.74, 6) is -5.73. The Hall–Kier alpha value is -2.06. The van der Waals surface area contributed by atoms with Crippen LogP contribution in [0.5, 0.6) is 0 Å². The molecule has 0 aliphatic rings. The van der Waals surface area contributed by atoms with E-state index in [1.807, 2.05) is 0 Å². The summed E-state index contributed by atoms with van der Waals surface area (Å²) in [6.45, 7) is 2.75. The highest BCUT2D eigenvalue weighted by Gasteiger charge is 2.73. The number of rotatable bonds is 5. The summed E-state index contributed by atoms with van der Waals surface area (Å²) in [6.07, 6.45) is -6.14. The molecule has 27 heavy (non-hydrogen) atoms. The van der Waals surface area contributed by atoms with Gasteiger partial charge in [-0.25, -0.2) is 4.39 Å². The molecule has 0 saturated carbocycles. The van der Waals surface area contributed by atoms with Crippen molar-refractivity contribution in [3.63, 3.8) is 0 Å². The minimum Gasteiger partial charge on any atom is -0.324 e. The first kappa shape index (κ1) is 21.2. The van der Waals surface area contributed by atoms with Crippen molar-refractivity contribution < 1.29 is 26.3 Å². The first-order chi connectivity index (χ1) is 12.4. The van der Waals surface area contributed by atoms with Crippen molar-refractivity contribution in [2.45, 2.75) is 43.7 Å². The summed E-state index contributed by atoms with van der Waals surface area (Å²) in [6, 6.07) is 7.49. The lowest BCUT2D eigenvalue weighted by Crippen LogP contribution is -2.54. The predicted molar refractivity (Wildman–Crippen MR) is 91.0 cm³/mol. The summed E-state index contributed by atoms with van der Waals surface area (Å²) in [5.41, 5.74) is 5.26. The second-order valence-corrected chi connectivity index (χ2v) is 6.48. The molecular weight excluding hydrogens is 370 g/mol. The largest absolute Gasteiger partial charge is 0.457 e. The van der Waals surface area contributed by atoms with Crippen LogP contribution in [0.15, 0.2) is 48.5 Å². The van der Waals surface area contributed by atoms with Crippen molar-refractivity contribution in [1.29, 1.82) is 0 Å². The molecule has 0 fully saturated rings. The number of benzene rings is 2. The van der Waals surface area contributed by atoms with Crippen LogP contribution in [0.1, 0.15) is 48.2 Å². The molecule has 8 heteroatoms. The number of hydrogen-bond acceptors (Lipinski definition) is 2. The quantitative estimate of drug-likeness (QED) is 0.695. The van der Waals surface area contributed by atoms with Gasteiger partial charge in [-0.15, -0.1) is 0 Å². The molecular formula is C19H20F6N2. The summed E-state index contributed by atoms with van der Waals surface area (Å²) in [7, 11) is 0. The molecule has 2 aromatic carbocycles. The molecule has 4 N–H and O–H groups in total. The SMILES string of the molecule is CC(N)c1ccccc1C(F)(c1ccccc1C(C)N)C(F)(F)C(F)(F)F. The Morgan fingerprint density at radius 3 is 1.30 bits per heavy atom. The molecule has 0 bridgehead atoms. The fourth-order valence-electron chi connectivity index (χ4n) is 3.09. The van der Waals surface area contributed by atoms with E-state index < -0.39 is 41.0 Å². The molecule has 0 aliphatic heterocycles. The lowest BCUT2D eigenvalue weighted by Gasteiger charge is -2.38. The topological polar surface area (TPSA) is 52.0 Å². The lowest BCUT2D eigenvalue weighted by atomic mass is 9.76. The average Bonchev–Trinajstić information content (AvgIpc) is 2.59. The molecule has 2 rings (SSSR count). The molecule has 0 radical (unpaired) electrons. The van der Waals surface area contributed by atoms with E-state index in [1.165, 1.54) is 50.2 Å². The van der Waals surface area contributed by atoms with Gasteiger partial charge in [0.1, 0.15) is 0 Å². The average molecular weight is 390 g/mol. The number of alkyl halides is 6. The Bertz CT molecular complexity index is 747. The van der Waals surface area contributed by atoms with Crippen LogP contribution in [0.25, 0.3) is 0 Å². The number of nitrogens with two attached hydrogens (primary N) is 2. The minimum absolute atomic E-state index is 0.150. The maximum Gasteiger partial charge on any atom is 0.457 e. The van der Waals surface area contributed by atoms with Crippen LogP contribution in [0.3, 0.4) is 0 Å². The maximum atomic E-state index is 16.2. The number of halogens is 6. The first-order valence-electron chi connectivity index (χ1n) is 8.19. The molecule has 2 aromatic rings. The van der Waals surface area contributed by atoms with Gasteiger partial charge in [0, 0.05) is 23.2 Å². The summed E-state index contributed by atoms with van der Waals surface area (Å²) in [5, 5.41) is 0. The zero-order valence-electron chi connectivity index (χ0n) is 14.7. The van der Waals surface area contributed by atoms with Gasteiger partial charge in [0.15, 0.2) is 0 Å². The smallest absolute Gasteiger partial charge is 0.324 e. The second kappa shape index (κ2) is 7.16. The summed E-state index contributed by atoms with van der Waals surface area (Å²) in [4.78, 5) is 0. The zero-order valence-corrected chi connectivity index (χ0v) is 14.7.